The molecule has 0 spiro atoms. The predicted molar refractivity (Wildman–Crippen MR) is 91.3 cm³/mol. The standard InChI is InChI=1S/C18H17FN2OS/c1-3-13-5-6-14(23-13)10-20-18(22)16-8-11(2)21-17-9-12(19)4-7-15(16)17/h4-9H,3,10H2,1-2H3,(H,20,22). The van der Waals surface area contributed by atoms with Crippen LogP contribution in [0.2, 0.25) is 0 Å². The molecule has 2 heterocycles. The Bertz CT molecular complexity index is 867. The fraction of sp³-hybridized carbons (Fsp3) is 0.222. The van der Waals surface area contributed by atoms with Crippen molar-refractivity contribution in [1.29, 1.82) is 0 Å². The Morgan fingerprint density at radius 3 is 2.74 bits per heavy atom. The molecule has 0 unspecified atom stereocenters. The SMILES string of the molecule is CCc1ccc(CNC(=O)c2cc(C)nc3cc(F)ccc23)s1. The van der Waals surface area contributed by atoms with Crippen molar-refractivity contribution in [2.75, 3.05) is 0 Å². The van der Waals surface area contributed by atoms with Gasteiger partial charge in [-0.15, -0.1) is 11.3 Å². The summed E-state index contributed by atoms with van der Waals surface area (Å²) in [5.41, 5.74) is 1.72. The maximum absolute atomic E-state index is 13.4. The highest BCUT2D eigenvalue weighted by molar-refractivity contribution is 7.11. The lowest BCUT2D eigenvalue weighted by molar-refractivity contribution is 0.0953. The number of rotatable bonds is 4. The topological polar surface area (TPSA) is 42.0 Å². The number of amides is 1. The molecule has 2 aromatic heterocycles. The summed E-state index contributed by atoms with van der Waals surface area (Å²) in [7, 11) is 0. The zero-order valence-electron chi connectivity index (χ0n) is 13.0. The van der Waals surface area contributed by atoms with Crippen LogP contribution in [0.1, 0.15) is 32.7 Å². The fourth-order valence-corrected chi connectivity index (χ4v) is 3.39. The van der Waals surface area contributed by atoms with Gasteiger partial charge in [-0.05, 0) is 43.7 Å². The Hall–Kier alpha value is -2.27. The number of carbonyl (C=O) groups excluding carboxylic acids is 1. The molecule has 5 heteroatoms. The van der Waals surface area contributed by atoms with Crippen LogP contribution in [0.3, 0.4) is 0 Å². The van der Waals surface area contributed by atoms with E-state index in [2.05, 4.69) is 23.3 Å². The third kappa shape index (κ3) is 3.40. The number of nitrogens with zero attached hydrogens (tertiary/aromatic N) is 1. The molecule has 1 amide bonds. The number of carbonyl (C=O) groups is 1. The summed E-state index contributed by atoms with van der Waals surface area (Å²) in [4.78, 5) is 19.2. The lowest BCUT2D eigenvalue weighted by Crippen LogP contribution is -2.22. The first-order valence-electron chi connectivity index (χ1n) is 7.49. The van der Waals surface area contributed by atoms with Gasteiger partial charge in [0, 0.05) is 26.9 Å². The Kier molecular flexibility index (Phi) is 4.39. The van der Waals surface area contributed by atoms with Gasteiger partial charge in [0.25, 0.3) is 5.91 Å². The highest BCUT2D eigenvalue weighted by Crippen LogP contribution is 2.20. The Morgan fingerprint density at radius 1 is 1.22 bits per heavy atom. The van der Waals surface area contributed by atoms with E-state index in [4.69, 9.17) is 0 Å². The Balaban J connectivity index is 1.85. The highest BCUT2D eigenvalue weighted by Gasteiger charge is 2.13. The summed E-state index contributed by atoms with van der Waals surface area (Å²) in [5.74, 6) is -0.522. The van der Waals surface area contributed by atoms with E-state index in [1.165, 1.54) is 17.0 Å². The van der Waals surface area contributed by atoms with E-state index in [0.29, 0.717) is 28.7 Å². The maximum Gasteiger partial charge on any atom is 0.252 e. The number of fused-ring (bicyclic) bond motifs is 1. The first-order valence-corrected chi connectivity index (χ1v) is 8.31. The van der Waals surface area contributed by atoms with Gasteiger partial charge < -0.3 is 5.32 Å². The van der Waals surface area contributed by atoms with Crippen LogP contribution in [0.5, 0.6) is 0 Å². The average molecular weight is 328 g/mol. The van der Waals surface area contributed by atoms with Crippen LogP contribution in [-0.4, -0.2) is 10.9 Å². The number of aryl methyl sites for hydroxylation is 2. The Labute approximate surface area is 138 Å². The third-order valence-corrected chi connectivity index (χ3v) is 4.86. The van der Waals surface area contributed by atoms with Gasteiger partial charge in [-0.25, -0.2) is 4.39 Å². The van der Waals surface area contributed by atoms with Gasteiger partial charge in [0.05, 0.1) is 17.6 Å². The lowest BCUT2D eigenvalue weighted by Gasteiger charge is -2.08. The molecular formula is C18H17FN2OS. The first kappa shape index (κ1) is 15.6. The highest BCUT2D eigenvalue weighted by atomic mass is 32.1. The van der Waals surface area contributed by atoms with E-state index in [1.807, 2.05) is 6.07 Å². The van der Waals surface area contributed by atoms with Crippen molar-refractivity contribution in [3.05, 3.63) is 63.2 Å². The van der Waals surface area contributed by atoms with E-state index < -0.39 is 0 Å². The van der Waals surface area contributed by atoms with E-state index in [0.717, 1.165) is 11.3 Å². The molecule has 0 aliphatic rings. The number of aromatic nitrogens is 1. The minimum absolute atomic E-state index is 0.168. The van der Waals surface area contributed by atoms with Gasteiger partial charge in [-0.1, -0.05) is 6.92 Å². The zero-order valence-corrected chi connectivity index (χ0v) is 13.8. The van der Waals surface area contributed by atoms with Gasteiger partial charge in [-0.3, -0.25) is 9.78 Å². The molecule has 0 radical (unpaired) electrons. The van der Waals surface area contributed by atoms with Gasteiger partial charge in [0.1, 0.15) is 5.82 Å². The molecule has 0 bridgehead atoms. The fourth-order valence-electron chi connectivity index (χ4n) is 2.49. The van der Waals surface area contributed by atoms with Gasteiger partial charge in [-0.2, -0.15) is 0 Å². The molecule has 3 nitrogen and oxygen atoms in total. The molecule has 1 N–H and O–H groups in total. The third-order valence-electron chi connectivity index (χ3n) is 3.63. The van der Waals surface area contributed by atoms with E-state index in [1.54, 1.807) is 30.4 Å². The van der Waals surface area contributed by atoms with Gasteiger partial charge >= 0.3 is 0 Å². The number of hydrogen-bond donors (Lipinski definition) is 1. The summed E-state index contributed by atoms with van der Waals surface area (Å²) >= 11 is 1.70. The second-order valence-corrected chi connectivity index (χ2v) is 6.63. The van der Waals surface area contributed by atoms with Crippen LogP contribution in [0.25, 0.3) is 10.9 Å². The second kappa shape index (κ2) is 6.46. The summed E-state index contributed by atoms with van der Waals surface area (Å²) in [5, 5.41) is 3.60. The van der Waals surface area contributed by atoms with Crippen LogP contribution >= 0.6 is 11.3 Å². The van der Waals surface area contributed by atoms with Crippen LogP contribution in [0.4, 0.5) is 4.39 Å². The zero-order chi connectivity index (χ0) is 16.4. The first-order chi connectivity index (χ1) is 11.1. The smallest absolute Gasteiger partial charge is 0.252 e. The average Bonchev–Trinajstić information content (AvgIpc) is 2.99. The van der Waals surface area contributed by atoms with Crippen LogP contribution in [0.15, 0.2) is 36.4 Å². The molecule has 0 aliphatic carbocycles. The number of hydrogen-bond acceptors (Lipinski definition) is 3. The van der Waals surface area contributed by atoms with Crippen LogP contribution < -0.4 is 5.32 Å². The molecule has 0 saturated carbocycles. The van der Waals surface area contributed by atoms with Crippen molar-refractivity contribution >= 4 is 28.1 Å². The largest absolute Gasteiger partial charge is 0.347 e. The number of halogens is 1. The molecular weight excluding hydrogens is 311 g/mol. The van der Waals surface area contributed by atoms with E-state index in [9.17, 15) is 9.18 Å². The number of pyridine rings is 1. The Morgan fingerprint density at radius 2 is 2.00 bits per heavy atom. The minimum atomic E-state index is -0.354. The number of nitrogens with one attached hydrogen (secondary N) is 1. The summed E-state index contributed by atoms with van der Waals surface area (Å²) in [6, 6.07) is 10.2. The molecule has 3 rings (SSSR count). The van der Waals surface area contributed by atoms with Gasteiger partial charge in [0.2, 0.25) is 0 Å². The summed E-state index contributed by atoms with van der Waals surface area (Å²) in [6.07, 6.45) is 0.998. The normalized spacial score (nSPS) is 10.9. The monoisotopic (exact) mass is 328 g/mol. The molecule has 23 heavy (non-hydrogen) atoms. The summed E-state index contributed by atoms with van der Waals surface area (Å²) < 4.78 is 13.4. The van der Waals surface area contributed by atoms with Crippen molar-refractivity contribution in [2.45, 2.75) is 26.8 Å². The molecule has 118 valence electrons. The minimum Gasteiger partial charge on any atom is -0.347 e. The number of benzene rings is 1. The predicted octanol–water partition coefficient (Wildman–Crippen LogP) is 4.24. The molecule has 0 atom stereocenters. The van der Waals surface area contributed by atoms with Crippen molar-refractivity contribution in [2.24, 2.45) is 0 Å². The quantitative estimate of drug-likeness (QED) is 0.778. The second-order valence-electron chi connectivity index (χ2n) is 5.38. The van der Waals surface area contributed by atoms with E-state index >= 15 is 0 Å². The van der Waals surface area contributed by atoms with Crippen molar-refractivity contribution in [3.63, 3.8) is 0 Å². The van der Waals surface area contributed by atoms with Crippen LogP contribution in [0, 0.1) is 12.7 Å². The van der Waals surface area contributed by atoms with Gasteiger partial charge in [0.15, 0.2) is 0 Å². The molecule has 1 aromatic carbocycles. The maximum atomic E-state index is 13.4. The lowest BCUT2D eigenvalue weighted by atomic mass is 10.1. The van der Waals surface area contributed by atoms with Crippen molar-refractivity contribution < 1.29 is 9.18 Å². The van der Waals surface area contributed by atoms with Crippen LogP contribution in [-0.2, 0) is 13.0 Å². The van der Waals surface area contributed by atoms with Crippen molar-refractivity contribution in [1.82, 2.24) is 10.3 Å². The molecule has 0 fully saturated rings. The molecule has 0 saturated heterocycles. The summed E-state index contributed by atoms with van der Waals surface area (Å²) in [6.45, 7) is 4.40. The molecule has 0 aliphatic heterocycles. The van der Waals surface area contributed by atoms with E-state index in [-0.39, 0.29) is 11.7 Å². The molecule has 3 aromatic rings. The number of thiophene rings is 1. The van der Waals surface area contributed by atoms with Crippen molar-refractivity contribution in [3.8, 4) is 0 Å².